The number of aliphatic carboxylic acids is 1. The number of rotatable bonds is 7. The first-order valence-corrected chi connectivity index (χ1v) is 6.51. The molecule has 1 aromatic heterocycles. The molecular weight excluding hydrogens is 270 g/mol. The van der Waals surface area contributed by atoms with E-state index in [-0.39, 0.29) is 13.0 Å². The second-order valence-electron chi connectivity index (χ2n) is 4.23. The van der Waals surface area contributed by atoms with Gasteiger partial charge in [-0.3, -0.25) is 14.8 Å². The minimum atomic E-state index is -0.847. The Hall–Kier alpha value is -2.76. The fraction of sp³-hybridized carbons (Fsp3) is 0.200. The van der Waals surface area contributed by atoms with Crippen LogP contribution in [0.25, 0.3) is 0 Å². The molecule has 0 saturated heterocycles. The van der Waals surface area contributed by atoms with Gasteiger partial charge >= 0.3 is 5.97 Å². The van der Waals surface area contributed by atoms with Crippen LogP contribution in [0.15, 0.2) is 54.1 Å². The maximum absolute atomic E-state index is 10.4. The molecule has 0 fully saturated rings. The number of hydrogen-bond donors (Lipinski definition) is 1. The van der Waals surface area contributed by atoms with Crippen molar-refractivity contribution in [3.8, 4) is 0 Å². The van der Waals surface area contributed by atoms with Gasteiger partial charge in [0.25, 0.3) is 0 Å². The lowest BCUT2D eigenvalue weighted by molar-refractivity contribution is -0.137. The van der Waals surface area contributed by atoms with Crippen molar-refractivity contribution in [2.75, 3.05) is 6.61 Å². The van der Waals surface area contributed by atoms with E-state index in [1.165, 1.54) is 0 Å². The molecular formula is C15H15N3O3. The monoisotopic (exact) mass is 285 g/mol. The van der Waals surface area contributed by atoms with Crippen molar-refractivity contribution >= 4 is 11.7 Å². The number of hydrogen-bond acceptors (Lipinski definition) is 5. The average molecular weight is 285 g/mol. The van der Waals surface area contributed by atoms with Gasteiger partial charge in [0.2, 0.25) is 0 Å². The Morgan fingerprint density at radius 1 is 1.24 bits per heavy atom. The van der Waals surface area contributed by atoms with Gasteiger partial charge in [0.05, 0.1) is 6.20 Å². The summed E-state index contributed by atoms with van der Waals surface area (Å²) in [6, 6.07) is 9.49. The third-order valence-corrected chi connectivity index (χ3v) is 2.64. The number of carbonyl (C=O) groups is 1. The molecule has 0 saturated carbocycles. The maximum Gasteiger partial charge on any atom is 0.303 e. The first-order chi connectivity index (χ1) is 10.3. The smallest absolute Gasteiger partial charge is 0.303 e. The molecule has 1 heterocycles. The van der Waals surface area contributed by atoms with Crippen LogP contribution in [-0.2, 0) is 9.63 Å². The molecule has 0 amide bonds. The van der Waals surface area contributed by atoms with Gasteiger partial charge in [-0.2, -0.15) is 0 Å². The second-order valence-corrected chi connectivity index (χ2v) is 4.23. The van der Waals surface area contributed by atoms with Crippen LogP contribution < -0.4 is 0 Å². The fourth-order valence-electron chi connectivity index (χ4n) is 1.66. The van der Waals surface area contributed by atoms with Crippen molar-refractivity contribution in [2.24, 2.45) is 5.16 Å². The summed E-state index contributed by atoms with van der Waals surface area (Å²) in [4.78, 5) is 23.9. The Morgan fingerprint density at radius 2 is 2.05 bits per heavy atom. The fourth-order valence-corrected chi connectivity index (χ4v) is 1.66. The Bertz CT molecular complexity index is 559. The molecule has 6 nitrogen and oxygen atoms in total. The van der Waals surface area contributed by atoms with Crippen LogP contribution in [0.2, 0.25) is 0 Å². The highest BCUT2D eigenvalue weighted by atomic mass is 16.6. The minimum Gasteiger partial charge on any atom is -0.481 e. The Labute approximate surface area is 122 Å². The molecule has 0 spiro atoms. The molecule has 108 valence electrons. The van der Waals surface area contributed by atoms with Crippen molar-refractivity contribution in [2.45, 2.75) is 12.8 Å². The quantitative estimate of drug-likeness (QED) is 0.478. The molecule has 0 bridgehead atoms. The molecule has 0 aliphatic carbocycles. The van der Waals surface area contributed by atoms with Gasteiger partial charge in [-0.15, -0.1) is 0 Å². The summed E-state index contributed by atoms with van der Waals surface area (Å²) in [6.45, 7) is 0.239. The summed E-state index contributed by atoms with van der Waals surface area (Å²) < 4.78 is 0. The highest BCUT2D eigenvalue weighted by Crippen LogP contribution is 2.08. The molecule has 1 aromatic carbocycles. The van der Waals surface area contributed by atoms with E-state index in [4.69, 9.17) is 9.94 Å². The van der Waals surface area contributed by atoms with Gasteiger partial charge in [-0.25, -0.2) is 0 Å². The van der Waals surface area contributed by atoms with E-state index in [1.807, 2.05) is 30.3 Å². The van der Waals surface area contributed by atoms with Crippen molar-refractivity contribution < 1.29 is 14.7 Å². The van der Waals surface area contributed by atoms with Gasteiger partial charge in [0, 0.05) is 24.4 Å². The number of benzene rings is 1. The van der Waals surface area contributed by atoms with Crippen LogP contribution in [0.1, 0.15) is 24.1 Å². The Morgan fingerprint density at radius 3 is 2.71 bits per heavy atom. The van der Waals surface area contributed by atoms with E-state index < -0.39 is 5.97 Å². The van der Waals surface area contributed by atoms with Crippen molar-refractivity contribution in [1.82, 2.24) is 9.97 Å². The van der Waals surface area contributed by atoms with Crippen molar-refractivity contribution in [3.63, 3.8) is 0 Å². The van der Waals surface area contributed by atoms with E-state index in [9.17, 15) is 4.79 Å². The highest BCUT2D eigenvalue weighted by Gasteiger charge is 2.09. The molecule has 2 rings (SSSR count). The minimum absolute atomic E-state index is 0.0569. The molecule has 0 atom stereocenters. The third-order valence-electron chi connectivity index (χ3n) is 2.64. The SMILES string of the molecule is O=C(O)CCCO/N=C(/c1ccccc1)c1cnccn1. The van der Waals surface area contributed by atoms with E-state index in [2.05, 4.69) is 15.1 Å². The topological polar surface area (TPSA) is 84.7 Å². The Balaban J connectivity index is 2.11. The lowest BCUT2D eigenvalue weighted by Gasteiger charge is -2.06. The number of nitrogens with zero attached hydrogens (tertiary/aromatic N) is 3. The highest BCUT2D eigenvalue weighted by molar-refractivity contribution is 6.11. The molecule has 0 aliphatic rings. The molecule has 0 aliphatic heterocycles. The number of oxime groups is 1. The van der Waals surface area contributed by atoms with Gasteiger partial charge < -0.3 is 9.94 Å². The third kappa shape index (κ3) is 4.68. The summed E-state index contributed by atoms with van der Waals surface area (Å²) in [5.74, 6) is -0.847. The maximum atomic E-state index is 10.4. The van der Waals surface area contributed by atoms with Crippen LogP contribution in [0.5, 0.6) is 0 Å². The lowest BCUT2D eigenvalue weighted by atomic mass is 10.1. The predicted octanol–water partition coefficient (Wildman–Crippen LogP) is 2.11. The van der Waals surface area contributed by atoms with Crippen molar-refractivity contribution in [1.29, 1.82) is 0 Å². The van der Waals surface area contributed by atoms with E-state index in [0.29, 0.717) is 17.8 Å². The molecule has 6 heteroatoms. The van der Waals surface area contributed by atoms with Crippen LogP contribution in [0, 0.1) is 0 Å². The molecule has 21 heavy (non-hydrogen) atoms. The van der Waals surface area contributed by atoms with Crippen LogP contribution in [-0.4, -0.2) is 33.4 Å². The summed E-state index contributed by atoms with van der Waals surface area (Å²) in [6.07, 6.45) is 5.23. The summed E-state index contributed by atoms with van der Waals surface area (Å²) in [5.41, 5.74) is 2.03. The van der Waals surface area contributed by atoms with E-state index >= 15 is 0 Å². The molecule has 1 N–H and O–H groups in total. The van der Waals surface area contributed by atoms with E-state index in [1.54, 1.807) is 18.6 Å². The number of carboxylic acid groups (broad SMARTS) is 1. The first kappa shape index (κ1) is 14.6. The first-order valence-electron chi connectivity index (χ1n) is 6.51. The zero-order valence-electron chi connectivity index (χ0n) is 11.3. The van der Waals surface area contributed by atoms with Crippen LogP contribution in [0.3, 0.4) is 0 Å². The number of carboxylic acids is 1. The normalized spacial score (nSPS) is 11.1. The average Bonchev–Trinajstić information content (AvgIpc) is 2.52. The molecule has 0 unspecified atom stereocenters. The van der Waals surface area contributed by atoms with Gasteiger partial charge in [-0.1, -0.05) is 35.5 Å². The largest absolute Gasteiger partial charge is 0.481 e. The summed E-state index contributed by atoms with van der Waals surface area (Å²) in [7, 11) is 0. The van der Waals surface area contributed by atoms with Crippen LogP contribution in [0.4, 0.5) is 0 Å². The Kier molecular flexibility index (Phi) is 5.40. The summed E-state index contributed by atoms with van der Waals surface area (Å²) in [5, 5.41) is 12.7. The zero-order valence-corrected chi connectivity index (χ0v) is 11.3. The van der Waals surface area contributed by atoms with Crippen molar-refractivity contribution in [3.05, 3.63) is 60.2 Å². The lowest BCUT2D eigenvalue weighted by Crippen LogP contribution is -2.07. The zero-order chi connectivity index (χ0) is 14.9. The van der Waals surface area contributed by atoms with Crippen LogP contribution >= 0.6 is 0 Å². The second kappa shape index (κ2) is 7.74. The summed E-state index contributed by atoms with van der Waals surface area (Å²) >= 11 is 0. The molecule has 0 radical (unpaired) electrons. The standard InChI is InChI=1S/C15H15N3O3/c19-14(20)7-4-10-21-18-15(12-5-2-1-3-6-12)13-11-16-8-9-17-13/h1-3,5-6,8-9,11H,4,7,10H2,(H,19,20)/b18-15-. The van der Waals surface area contributed by atoms with Gasteiger partial charge in [0.1, 0.15) is 18.0 Å². The van der Waals surface area contributed by atoms with Gasteiger partial charge in [0.15, 0.2) is 0 Å². The van der Waals surface area contributed by atoms with E-state index in [0.717, 1.165) is 5.56 Å². The van der Waals surface area contributed by atoms with Gasteiger partial charge in [-0.05, 0) is 6.42 Å². The number of aromatic nitrogens is 2. The molecule has 2 aromatic rings. The predicted molar refractivity (Wildman–Crippen MR) is 76.9 cm³/mol.